The predicted molar refractivity (Wildman–Crippen MR) is 80.4 cm³/mol. The second-order valence-corrected chi connectivity index (χ2v) is 5.62. The number of hydrogen-bond donors (Lipinski definition) is 1. The molecule has 1 heterocycles. The second kappa shape index (κ2) is 4.39. The fourth-order valence-electron chi connectivity index (χ4n) is 3.45. The standard InChI is InChI=1S/C16H17NO.ClH/c1-18-15-5-3-11-6-13(4-2-12(11)7-15)16-8-14(16)9-17-10-16;/h2-7,14,17H,8-10H2,1H3;1H. The number of fused-ring (bicyclic) bond motifs is 2. The summed E-state index contributed by atoms with van der Waals surface area (Å²) < 4.78 is 5.27. The van der Waals surface area contributed by atoms with Gasteiger partial charge >= 0.3 is 0 Å². The lowest BCUT2D eigenvalue weighted by Gasteiger charge is -2.13. The Kier molecular flexibility index (Phi) is 2.95. The van der Waals surface area contributed by atoms with Gasteiger partial charge in [-0.3, -0.25) is 0 Å². The monoisotopic (exact) mass is 275 g/mol. The van der Waals surface area contributed by atoms with Crippen molar-refractivity contribution in [2.75, 3.05) is 20.2 Å². The summed E-state index contributed by atoms with van der Waals surface area (Å²) in [6, 6.07) is 13.2. The molecule has 0 radical (unpaired) electrons. The van der Waals surface area contributed by atoms with Crippen LogP contribution in [0.3, 0.4) is 0 Å². The van der Waals surface area contributed by atoms with E-state index in [9.17, 15) is 0 Å². The molecule has 1 saturated carbocycles. The third kappa shape index (κ3) is 1.82. The van der Waals surface area contributed by atoms with E-state index in [0.717, 1.165) is 18.2 Å². The Morgan fingerprint density at radius 1 is 1.16 bits per heavy atom. The Balaban J connectivity index is 0.00000110. The molecule has 100 valence electrons. The number of methoxy groups -OCH3 is 1. The van der Waals surface area contributed by atoms with Crippen LogP contribution in [0.4, 0.5) is 0 Å². The minimum atomic E-state index is 0. The minimum Gasteiger partial charge on any atom is -0.497 e. The zero-order chi connectivity index (χ0) is 12.2. The van der Waals surface area contributed by atoms with Crippen LogP contribution in [-0.4, -0.2) is 20.2 Å². The molecule has 2 fully saturated rings. The van der Waals surface area contributed by atoms with E-state index in [1.54, 1.807) is 7.11 Å². The van der Waals surface area contributed by atoms with Gasteiger partial charge in [-0.1, -0.05) is 24.3 Å². The van der Waals surface area contributed by atoms with Crippen LogP contribution >= 0.6 is 12.4 Å². The van der Waals surface area contributed by atoms with Crippen LogP contribution in [0.1, 0.15) is 12.0 Å². The van der Waals surface area contributed by atoms with E-state index in [4.69, 9.17) is 4.74 Å². The van der Waals surface area contributed by atoms with Gasteiger partial charge in [-0.05, 0) is 47.4 Å². The molecule has 2 unspecified atom stereocenters. The van der Waals surface area contributed by atoms with Crippen molar-refractivity contribution in [1.82, 2.24) is 5.32 Å². The van der Waals surface area contributed by atoms with Crippen LogP contribution in [0.15, 0.2) is 36.4 Å². The number of nitrogens with one attached hydrogen (secondary N) is 1. The highest BCUT2D eigenvalue weighted by Gasteiger charge is 2.57. The minimum absolute atomic E-state index is 0. The van der Waals surface area contributed by atoms with Crippen molar-refractivity contribution in [3.05, 3.63) is 42.0 Å². The molecular weight excluding hydrogens is 258 g/mol. The quantitative estimate of drug-likeness (QED) is 0.909. The van der Waals surface area contributed by atoms with E-state index >= 15 is 0 Å². The molecule has 1 N–H and O–H groups in total. The molecule has 19 heavy (non-hydrogen) atoms. The Morgan fingerprint density at radius 2 is 1.95 bits per heavy atom. The number of ether oxygens (including phenoxy) is 1. The average Bonchev–Trinajstić information content (AvgIpc) is 3.00. The fraction of sp³-hybridized carbons (Fsp3) is 0.375. The van der Waals surface area contributed by atoms with Gasteiger partial charge in [0.1, 0.15) is 5.75 Å². The highest BCUT2D eigenvalue weighted by Crippen LogP contribution is 2.56. The summed E-state index contributed by atoms with van der Waals surface area (Å²) in [4.78, 5) is 0. The lowest BCUT2D eigenvalue weighted by atomic mass is 9.93. The van der Waals surface area contributed by atoms with Crippen LogP contribution in [-0.2, 0) is 5.41 Å². The molecular formula is C16H18ClNO. The number of benzene rings is 2. The molecule has 0 spiro atoms. The molecule has 4 rings (SSSR count). The highest BCUT2D eigenvalue weighted by atomic mass is 35.5. The summed E-state index contributed by atoms with van der Waals surface area (Å²) in [5, 5.41) is 6.09. The molecule has 2 nitrogen and oxygen atoms in total. The normalized spacial score (nSPS) is 27.7. The number of halogens is 1. The SMILES string of the molecule is COc1ccc2cc(C34CNCC3C4)ccc2c1.Cl. The first-order chi connectivity index (χ1) is 8.82. The van der Waals surface area contributed by atoms with Crippen molar-refractivity contribution in [2.45, 2.75) is 11.8 Å². The molecule has 2 aromatic carbocycles. The maximum absolute atomic E-state index is 5.27. The van der Waals surface area contributed by atoms with Crippen molar-refractivity contribution in [3.63, 3.8) is 0 Å². The molecule has 0 amide bonds. The van der Waals surface area contributed by atoms with Crippen molar-refractivity contribution in [3.8, 4) is 5.75 Å². The Labute approximate surface area is 119 Å². The first-order valence-corrected chi connectivity index (χ1v) is 6.61. The Hall–Kier alpha value is -1.25. The van der Waals surface area contributed by atoms with Gasteiger partial charge in [0, 0.05) is 12.0 Å². The van der Waals surface area contributed by atoms with Gasteiger partial charge in [0.2, 0.25) is 0 Å². The van der Waals surface area contributed by atoms with Crippen LogP contribution in [0.25, 0.3) is 10.8 Å². The van der Waals surface area contributed by atoms with Crippen molar-refractivity contribution < 1.29 is 4.74 Å². The van der Waals surface area contributed by atoms with E-state index in [1.807, 2.05) is 6.07 Å². The molecule has 0 bridgehead atoms. The third-order valence-corrected chi connectivity index (χ3v) is 4.69. The lowest BCUT2D eigenvalue weighted by molar-refractivity contribution is 0.415. The van der Waals surface area contributed by atoms with Crippen LogP contribution in [0, 0.1) is 5.92 Å². The summed E-state index contributed by atoms with van der Waals surface area (Å²) in [6.45, 7) is 2.35. The lowest BCUT2D eigenvalue weighted by Crippen LogP contribution is -2.19. The van der Waals surface area contributed by atoms with Crippen molar-refractivity contribution in [1.29, 1.82) is 0 Å². The van der Waals surface area contributed by atoms with Gasteiger partial charge in [0.05, 0.1) is 7.11 Å². The van der Waals surface area contributed by atoms with Crippen molar-refractivity contribution in [2.24, 2.45) is 5.92 Å². The van der Waals surface area contributed by atoms with E-state index in [2.05, 4.69) is 35.6 Å². The second-order valence-electron chi connectivity index (χ2n) is 5.62. The zero-order valence-corrected chi connectivity index (χ0v) is 11.8. The topological polar surface area (TPSA) is 21.3 Å². The van der Waals surface area contributed by atoms with Gasteiger partial charge in [-0.2, -0.15) is 0 Å². The Morgan fingerprint density at radius 3 is 2.63 bits per heavy atom. The molecule has 2 atom stereocenters. The summed E-state index contributed by atoms with van der Waals surface area (Å²) in [6.07, 6.45) is 1.36. The molecule has 2 aliphatic rings. The predicted octanol–water partition coefficient (Wildman–Crippen LogP) is 3.13. The molecule has 1 aliphatic heterocycles. The van der Waals surface area contributed by atoms with Gasteiger partial charge in [-0.25, -0.2) is 0 Å². The van der Waals surface area contributed by atoms with Crippen LogP contribution < -0.4 is 10.1 Å². The summed E-state index contributed by atoms with van der Waals surface area (Å²) in [5.74, 6) is 1.80. The van der Waals surface area contributed by atoms with Gasteiger partial charge in [0.15, 0.2) is 0 Å². The number of piperidine rings is 1. The van der Waals surface area contributed by atoms with Gasteiger partial charge < -0.3 is 10.1 Å². The maximum atomic E-state index is 5.27. The first-order valence-electron chi connectivity index (χ1n) is 6.61. The summed E-state index contributed by atoms with van der Waals surface area (Å²) in [7, 11) is 1.72. The highest BCUT2D eigenvalue weighted by molar-refractivity contribution is 5.85. The Bertz CT molecular complexity index is 627. The molecule has 0 aromatic heterocycles. The molecule has 1 saturated heterocycles. The van der Waals surface area contributed by atoms with Gasteiger partial charge in [-0.15, -0.1) is 12.4 Å². The molecule has 1 aliphatic carbocycles. The average molecular weight is 276 g/mol. The van der Waals surface area contributed by atoms with Crippen LogP contribution in [0.5, 0.6) is 5.75 Å². The fourth-order valence-corrected chi connectivity index (χ4v) is 3.45. The van der Waals surface area contributed by atoms with Crippen molar-refractivity contribution >= 4 is 23.2 Å². The smallest absolute Gasteiger partial charge is 0.119 e. The first kappa shape index (κ1) is 12.8. The van der Waals surface area contributed by atoms with Crippen LogP contribution in [0.2, 0.25) is 0 Å². The molecule has 2 aromatic rings. The zero-order valence-electron chi connectivity index (χ0n) is 11.0. The summed E-state index contributed by atoms with van der Waals surface area (Å²) in [5.41, 5.74) is 1.96. The van der Waals surface area contributed by atoms with E-state index < -0.39 is 0 Å². The van der Waals surface area contributed by atoms with Gasteiger partial charge in [0.25, 0.3) is 0 Å². The number of rotatable bonds is 2. The third-order valence-electron chi connectivity index (χ3n) is 4.69. The maximum Gasteiger partial charge on any atom is 0.119 e. The largest absolute Gasteiger partial charge is 0.497 e. The molecule has 3 heteroatoms. The number of hydrogen-bond acceptors (Lipinski definition) is 2. The van der Waals surface area contributed by atoms with E-state index in [1.165, 1.54) is 29.3 Å². The van der Waals surface area contributed by atoms with E-state index in [0.29, 0.717) is 5.41 Å². The summed E-state index contributed by atoms with van der Waals surface area (Å²) >= 11 is 0. The van der Waals surface area contributed by atoms with E-state index in [-0.39, 0.29) is 12.4 Å².